The number of carboxylic acids is 1. The summed E-state index contributed by atoms with van der Waals surface area (Å²) in [5.41, 5.74) is 5.38. The van der Waals surface area contributed by atoms with Crippen LogP contribution < -0.4 is 16.4 Å². The summed E-state index contributed by atoms with van der Waals surface area (Å²) in [5.74, 6) is -1.88. The van der Waals surface area contributed by atoms with Gasteiger partial charge >= 0.3 is 12.0 Å². The summed E-state index contributed by atoms with van der Waals surface area (Å²) in [7, 11) is 0. The molecule has 21 heavy (non-hydrogen) atoms. The number of primary amides is 1. The van der Waals surface area contributed by atoms with Gasteiger partial charge in [-0.2, -0.15) is 0 Å². The van der Waals surface area contributed by atoms with E-state index in [0.29, 0.717) is 15.2 Å². The zero-order chi connectivity index (χ0) is 16.0. The Hall–Kier alpha value is -1.80. The number of nitrogens with two attached hydrogens (primary N) is 1. The standard InChI is InChI=1S/C12H13BrClN3O4/c13-7-5-6(14)1-2-8(7)16-12(21)17-9(11(19)20)3-4-10(15)18/h1-2,5,9H,3-4H2,(H2,15,18)(H,19,20)(H2,16,17,21)/t9-/m0/s1. The van der Waals surface area contributed by atoms with Crippen LogP contribution in [0.5, 0.6) is 0 Å². The normalized spacial score (nSPS) is 11.5. The second-order valence-corrected chi connectivity index (χ2v) is 5.41. The highest BCUT2D eigenvalue weighted by Gasteiger charge is 2.20. The van der Waals surface area contributed by atoms with Gasteiger partial charge < -0.3 is 21.5 Å². The van der Waals surface area contributed by atoms with Crippen molar-refractivity contribution in [3.05, 3.63) is 27.7 Å². The van der Waals surface area contributed by atoms with Crippen molar-refractivity contribution >= 4 is 51.1 Å². The van der Waals surface area contributed by atoms with E-state index in [2.05, 4.69) is 26.6 Å². The van der Waals surface area contributed by atoms with Crippen LogP contribution in [0, 0.1) is 0 Å². The number of anilines is 1. The van der Waals surface area contributed by atoms with E-state index in [1.807, 2.05) is 0 Å². The molecule has 0 aromatic heterocycles. The molecule has 0 bridgehead atoms. The Labute approximate surface area is 134 Å². The maximum absolute atomic E-state index is 11.8. The fourth-order valence-corrected chi connectivity index (χ4v) is 2.23. The lowest BCUT2D eigenvalue weighted by atomic mass is 10.1. The Morgan fingerprint density at radius 3 is 2.57 bits per heavy atom. The number of amides is 3. The number of aliphatic carboxylic acids is 1. The molecule has 0 saturated carbocycles. The first-order valence-electron chi connectivity index (χ1n) is 5.83. The molecule has 0 aliphatic heterocycles. The molecule has 114 valence electrons. The monoisotopic (exact) mass is 377 g/mol. The van der Waals surface area contributed by atoms with E-state index in [1.54, 1.807) is 18.2 Å². The van der Waals surface area contributed by atoms with Gasteiger partial charge in [0.2, 0.25) is 5.91 Å². The lowest BCUT2D eigenvalue weighted by Crippen LogP contribution is -2.43. The number of carboxylic acid groups (broad SMARTS) is 1. The Morgan fingerprint density at radius 1 is 1.38 bits per heavy atom. The molecule has 1 atom stereocenters. The van der Waals surface area contributed by atoms with E-state index in [1.165, 1.54) is 0 Å². The van der Waals surface area contributed by atoms with Gasteiger partial charge in [-0.15, -0.1) is 0 Å². The topological polar surface area (TPSA) is 122 Å². The van der Waals surface area contributed by atoms with Crippen molar-refractivity contribution in [2.24, 2.45) is 5.73 Å². The number of hydrogen-bond donors (Lipinski definition) is 4. The predicted molar refractivity (Wildman–Crippen MR) is 81.2 cm³/mol. The summed E-state index contributed by atoms with van der Waals surface area (Å²) >= 11 is 8.99. The van der Waals surface area contributed by atoms with Crippen LogP contribution in [0.15, 0.2) is 22.7 Å². The minimum Gasteiger partial charge on any atom is -0.480 e. The number of carbonyl (C=O) groups is 3. The molecular formula is C12H13BrClN3O4. The SMILES string of the molecule is NC(=O)CC[C@H](NC(=O)Nc1ccc(Cl)cc1Br)C(=O)O. The summed E-state index contributed by atoms with van der Waals surface area (Å²) in [6.07, 6.45) is -0.220. The molecule has 9 heteroatoms. The summed E-state index contributed by atoms with van der Waals surface area (Å²) in [6, 6.07) is 2.80. The van der Waals surface area contributed by atoms with Gasteiger partial charge in [0.25, 0.3) is 0 Å². The average Bonchev–Trinajstić information content (AvgIpc) is 2.37. The lowest BCUT2D eigenvalue weighted by Gasteiger charge is -2.15. The van der Waals surface area contributed by atoms with Crippen molar-refractivity contribution in [3.63, 3.8) is 0 Å². The van der Waals surface area contributed by atoms with Gasteiger partial charge in [-0.05, 0) is 40.5 Å². The molecule has 1 aromatic rings. The molecule has 0 fully saturated rings. The van der Waals surface area contributed by atoms with Crippen LogP contribution in [0.25, 0.3) is 0 Å². The fourth-order valence-electron chi connectivity index (χ4n) is 1.45. The van der Waals surface area contributed by atoms with Crippen molar-refractivity contribution in [1.82, 2.24) is 5.32 Å². The first-order valence-corrected chi connectivity index (χ1v) is 7.00. The molecule has 0 heterocycles. The van der Waals surface area contributed by atoms with Crippen molar-refractivity contribution in [2.75, 3.05) is 5.32 Å². The van der Waals surface area contributed by atoms with Crippen molar-refractivity contribution in [3.8, 4) is 0 Å². The molecule has 0 aliphatic rings. The third kappa shape index (κ3) is 6.01. The van der Waals surface area contributed by atoms with Crippen molar-refractivity contribution in [1.29, 1.82) is 0 Å². The van der Waals surface area contributed by atoms with Gasteiger partial charge in [0.05, 0.1) is 5.69 Å². The lowest BCUT2D eigenvalue weighted by molar-refractivity contribution is -0.139. The van der Waals surface area contributed by atoms with Gasteiger partial charge in [-0.25, -0.2) is 9.59 Å². The van der Waals surface area contributed by atoms with Crippen LogP contribution in [-0.4, -0.2) is 29.1 Å². The highest BCUT2D eigenvalue weighted by Crippen LogP contribution is 2.25. The van der Waals surface area contributed by atoms with Crippen LogP contribution in [0.1, 0.15) is 12.8 Å². The van der Waals surface area contributed by atoms with Crippen LogP contribution in [-0.2, 0) is 9.59 Å². The van der Waals surface area contributed by atoms with E-state index in [-0.39, 0.29) is 12.8 Å². The second-order valence-electron chi connectivity index (χ2n) is 4.12. The van der Waals surface area contributed by atoms with E-state index in [9.17, 15) is 14.4 Å². The van der Waals surface area contributed by atoms with E-state index < -0.39 is 23.9 Å². The highest BCUT2D eigenvalue weighted by molar-refractivity contribution is 9.10. The summed E-state index contributed by atoms with van der Waals surface area (Å²) in [4.78, 5) is 33.4. The second kappa shape index (κ2) is 7.84. The summed E-state index contributed by atoms with van der Waals surface area (Å²) < 4.78 is 0.550. The highest BCUT2D eigenvalue weighted by atomic mass is 79.9. The Balaban J connectivity index is 2.65. The smallest absolute Gasteiger partial charge is 0.326 e. The molecule has 0 radical (unpaired) electrons. The third-order valence-electron chi connectivity index (χ3n) is 2.46. The van der Waals surface area contributed by atoms with Gasteiger partial charge in [0, 0.05) is 15.9 Å². The number of nitrogens with one attached hydrogen (secondary N) is 2. The number of urea groups is 1. The van der Waals surface area contributed by atoms with Crippen LogP contribution in [0.3, 0.4) is 0 Å². The molecule has 1 aromatic carbocycles. The number of hydrogen-bond acceptors (Lipinski definition) is 3. The molecular weight excluding hydrogens is 366 g/mol. The van der Waals surface area contributed by atoms with Crippen molar-refractivity contribution < 1.29 is 19.5 Å². The minimum atomic E-state index is -1.25. The third-order valence-corrected chi connectivity index (χ3v) is 3.35. The molecule has 0 spiro atoms. The van der Waals surface area contributed by atoms with E-state index in [4.69, 9.17) is 22.4 Å². The van der Waals surface area contributed by atoms with Gasteiger partial charge in [-0.1, -0.05) is 11.6 Å². The first-order chi connectivity index (χ1) is 9.79. The molecule has 0 aliphatic carbocycles. The molecule has 5 N–H and O–H groups in total. The minimum absolute atomic E-state index is 0.0835. The van der Waals surface area contributed by atoms with Crippen LogP contribution in [0.2, 0.25) is 5.02 Å². The molecule has 7 nitrogen and oxygen atoms in total. The van der Waals surface area contributed by atoms with Crippen LogP contribution in [0.4, 0.5) is 10.5 Å². The Morgan fingerprint density at radius 2 is 2.05 bits per heavy atom. The van der Waals surface area contributed by atoms with Gasteiger partial charge in [-0.3, -0.25) is 4.79 Å². The zero-order valence-electron chi connectivity index (χ0n) is 10.7. The fraction of sp³-hybridized carbons (Fsp3) is 0.250. The predicted octanol–water partition coefficient (Wildman–Crippen LogP) is 1.94. The number of halogens is 2. The van der Waals surface area contributed by atoms with Gasteiger partial charge in [0.15, 0.2) is 0 Å². The summed E-state index contributed by atoms with van der Waals surface area (Å²) in [6.45, 7) is 0. The molecule has 0 saturated heterocycles. The van der Waals surface area contributed by atoms with Crippen molar-refractivity contribution in [2.45, 2.75) is 18.9 Å². The number of carbonyl (C=O) groups excluding carboxylic acids is 2. The van der Waals surface area contributed by atoms with Crippen LogP contribution >= 0.6 is 27.5 Å². The average molecular weight is 379 g/mol. The molecule has 1 rings (SSSR count). The number of rotatable bonds is 6. The Kier molecular flexibility index (Phi) is 6.44. The molecule has 3 amide bonds. The maximum atomic E-state index is 11.8. The first kappa shape index (κ1) is 17.3. The quantitative estimate of drug-likeness (QED) is 0.604. The molecule has 0 unspecified atom stereocenters. The van der Waals surface area contributed by atoms with E-state index in [0.717, 1.165) is 0 Å². The summed E-state index contributed by atoms with van der Waals surface area (Å²) in [5, 5.41) is 14.2. The Bertz CT molecular complexity index is 567. The van der Waals surface area contributed by atoms with E-state index >= 15 is 0 Å². The maximum Gasteiger partial charge on any atom is 0.326 e. The zero-order valence-corrected chi connectivity index (χ0v) is 13.1. The largest absolute Gasteiger partial charge is 0.480 e. The number of benzene rings is 1. The van der Waals surface area contributed by atoms with Gasteiger partial charge in [0.1, 0.15) is 6.04 Å².